The fraction of sp³-hybridized carbons (Fsp3) is 0.333. The lowest BCUT2D eigenvalue weighted by Gasteiger charge is -2.23. The van der Waals surface area contributed by atoms with E-state index in [4.69, 9.17) is 0 Å². The predicted octanol–water partition coefficient (Wildman–Crippen LogP) is 3.92. The number of esters is 1. The van der Waals surface area contributed by atoms with Crippen molar-refractivity contribution in [1.29, 1.82) is 0 Å². The van der Waals surface area contributed by atoms with Gasteiger partial charge in [-0.1, -0.05) is 62.7 Å². The topological polar surface area (TPSA) is 55.4 Å². The molecule has 0 aliphatic heterocycles. The van der Waals surface area contributed by atoms with Gasteiger partial charge in [0.1, 0.15) is 0 Å². The van der Waals surface area contributed by atoms with Crippen LogP contribution in [0.3, 0.4) is 0 Å². The van der Waals surface area contributed by atoms with E-state index in [1.54, 1.807) is 12.1 Å². The third kappa shape index (κ3) is 4.92. The summed E-state index contributed by atoms with van der Waals surface area (Å²) in [4.78, 5) is 24.2. The van der Waals surface area contributed by atoms with Crippen LogP contribution in [0.1, 0.15) is 47.7 Å². The summed E-state index contributed by atoms with van der Waals surface area (Å²) in [6.45, 7) is 4.63. The Kier molecular flexibility index (Phi) is 6.75. The molecule has 2 aromatic carbocycles. The average Bonchev–Trinajstić information content (AvgIpc) is 2.67. The van der Waals surface area contributed by atoms with E-state index in [1.807, 2.05) is 42.5 Å². The fourth-order valence-corrected chi connectivity index (χ4v) is 2.81. The minimum atomic E-state index is -0.364. The first-order valence-corrected chi connectivity index (χ1v) is 8.56. The number of ether oxygens (including phenoxy) is 1. The van der Waals surface area contributed by atoms with Gasteiger partial charge in [0.25, 0.3) is 0 Å². The summed E-state index contributed by atoms with van der Waals surface area (Å²) in [6.07, 6.45) is 0.931. The van der Waals surface area contributed by atoms with E-state index < -0.39 is 0 Å². The first kappa shape index (κ1) is 18.7. The van der Waals surface area contributed by atoms with E-state index in [0.717, 1.165) is 17.5 Å². The Hall–Kier alpha value is -2.62. The van der Waals surface area contributed by atoms with Gasteiger partial charge in [0.15, 0.2) is 0 Å². The van der Waals surface area contributed by atoms with Crippen LogP contribution in [0.5, 0.6) is 0 Å². The van der Waals surface area contributed by atoms with Gasteiger partial charge in [-0.15, -0.1) is 0 Å². The van der Waals surface area contributed by atoms with Crippen LogP contribution in [-0.2, 0) is 16.1 Å². The van der Waals surface area contributed by atoms with E-state index in [9.17, 15) is 9.59 Å². The van der Waals surface area contributed by atoms with Gasteiger partial charge in [-0.05, 0) is 29.2 Å². The van der Waals surface area contributed by atoms with Crippen LogP contribution in [0.4, 0.5) is 0 Å². The predicted molar refractivity (Wildman–Crippen MR) is 98.3 cm³/mol. The summed E-state index contributed by atoms with van der Waals surface area (Å²) in [5.41, 5.74) is 2.48. The maximum absolute atomic E-state index is 12.8. The number of rotatable bonds is 7. The highest BCUT2D eigenvalue weighted by Gasteiger charge is 2.25. The molecule has 0 aliphatic carbocycles. The Morgan fingerprint density at radius 1 is 1.04 bits per heavy atom. The summed E-state index contributed by atoms with van der Waals surface area (Å²) in [5.74, 6) is -0.251. The van der Waals surface area contributed by atoms with Crippen LogP contribution in [-0.4, -0.2) is 19.0 Å². The Morgan fingerprint density at radius 2 is 1.68 bits per heavy atom. The van der Waals surface area contributed by atoms with Crippen molar-refractivity contribution in [3.8, 4) is 0 Å². The van der Waals surface area contributed by atoms with Gasteiger partial charge in [-0.25, -0.2) is 4.79 Å². The number of nitrogens with one attached hydrogen (secondary N) is 1. The molecule has 4 heteroatoms. The molecule has 25 heavy (non-hydrogen) atoms. The zero-order valence-corrected chi connectivity index (χ0v) is 15.0. The number of carbonyl (C=O) groups is 2. The van der Waals surface area contributed by atoms with E-state index >= 15 is 0 Å². The van der Waals surface area contributed by atoms with Crippen molar-refractivity contribution in [2.45, 2.75) is 32.7 Å². The van der Waals surface area contributed by atoms with Gasteiger partial charge in [0.2, 0.25) is 5.91 Å². The van der Waals surface area contributed by atoms with Crippen LogP contribution in [0.25, 0.3) is 0 Å². The lowest BCUT2D eigenvalue weighted by molar-refractivity contribution is -0.123. The number of hydrogen-bond acceptors (Lipinski definition) is 3. The first-order valence-electron chi connectivity index (χ1n) is 8.56. The molecule has 0 saturated heterocycles. The number of benzene rings is 2. The quantitative estimate of drug-likeness (QED) is 0.778. The van der Waals surface area contributed by atoms with Crippen molar-refractivity contribution in [1.82, 2.24) is 5.32 Å². The van der Waals surface area contributed by atoms with Gasteiger partial charge in [0, 0.05) is 6.54 Å². The van der Waals surface area contributed by atoms with E-state index in [-0.39, 0.29) is 23.7 Å². The highest BCUT2D eigenvalue weighted by molar-refractivity contribution is 5.89. The molecule has 4 nitrogen and oxygen atoms in total. The summed E-state index contributed by atoms with van der Waals surface area (Å²) < 4.78 is 4.68. The van der Waals surface area contributed by atoms with E-state index in [1.165, 1.54) is 7.11 Å². The monoisotopic (exact) mass is 339 g/mol. The molecule has 0 heterocycles. The standard InChI is InChI=1S/C21H25NO3/c1-4-15(2)19(17-8-6-5-7-9-17)20(23)22-14-16-10-12-18(13-11-16)21(24)25-3/h5-13,15,19H,4,14H2,1-3H3,(H,22,23)/t15-,19-/m0/s1. The third-order valence-electron chi connectivity index (χ3n) is 4.50. The lowest BCUT2D eigenvalue weighted by atomic mass is 9.85. The van der Waals surface area contributed by atoms with Crippen molar-refractivity contribution in [3.63, 3.8) is 0 Å². The fourth-order valence-electron chi connectivity index (χ4n) is 2.81. The Morgan fingerprint density at radius 3 is 2.24 bits per heavy atom. The van der Waals surface area contributed by atoms with Crippen LogP contribution in [0, 0.1) is 5.92 Å². The SMILES string of the molecule is CC[C@H](C)[C@H](C(=O)NCc1ccc(C(=O)OC)cc1)c1ccccc1. The number of carbonyl (C=O) groups excluding carboxylic acids is 2. The van der Waals surface area contributed by atoms with Crippen LogP contribution < -0.4 is 5.32 Å². The summed E-state index contributed by atoms with van der Waals surface area (Å²) in [7, 11) is 1.36. The van der Waals surface area contributed by atoms with Crippen LogP contribution in [0.2, 0.25) is 0 Å². The molecule has 0 fully saturated rings. The second-order valence-corrected chi connectivity index (χ2v) is 6.18. The zero-order chi connectivity index (χ0) is 18.2. The summed E-state index contributed by atoms with van der Waals surface area (Å²) >= 11 is 0. The molecule has 2 rings (SSSR count). The second kappa shape index (κ2) is 9.02. The molecule has 0 spiro atoms. The first-order chi connectivity index (χ1) is 12.1. The molecule has 0 unspecified atom stereocenters. The smallest absolute Gasteiger partial charge is 0.337 e. The van der Waals surface area contributed by atoms with Gasteiger partial charge < -0.3 is 10.1 Å². The van der Waals surface area contributed by atoms with Crippen molar-refractivity contribution >= 4 is 11.9 Å². The third-order valence-corrected chi connectivity index (χ3v) is 4.50. The molecular formula is C21H25NO3. The van der Waals surface area contributed by atoms with E-state index in [0.29, 0.717) is 12.1 Å². The Labute approximate surface area is 149 Å². The normalized spacial score (nSPS) is 12.9. The van der Waals surface area contributed by atoms with Crippen molar-refractivity contribution in [3.05, 3.63) is 71.3 Å². The van der Waals surface area contributed by atoms with Gasteiger partial charge in [-0.3, -0.25) is 4.79 Å². The molecule has 0 bridgehead atoms. The average molecular weight is 339 g/mol. The molecule has 2 aromatic rings. The minimum absolute atomic E-state index is 0.0256. The number of amides is 1. The largest absolute Gasteiger partial charge is 0.465 e. The molecule has 132 valence electrons. The molecule has 0 aromatic heterocycles. The van der Waals surface area contributed by atoms with Gasteiger partial charge in [-0.2, -0.15) is 0 Å². The maximum Gasteiger partial charge on any atom is 0.337 e. The van der Waals surface area contributed by atoms with Crippen molar-refractivity contribution in [2.75, 3.05) is 7.11 Å². The Balaban J connectivity index is 2.05. The minimum Gasteiger partial charge on any atom is -0.465 e. The molecule has 0 radical (unpaired) electrons. The van der Waals surface area contributed by atoms with Crippen molar-refractivity contribution in [2.24, 2.45) is 5.92 Å². The van der Waals surface area contributed by atoms with Crippen LogP contribution >= 0.6 is 0 Å². The molecule has 0 saturated carbocycles. The molecule has 2 atom stereocenters. The molecule has 0 aliphatic rings. The zero-order valence-electron chi connectivity index (χ0n) is 15.0. The summed E-state index contributed by atoms with van der Waals surface area (Å²) in [5, 5.41) is 3.02. The van der Waals surface area contributed by atoms with E-state index in [2.05, 4.69) is 23.9 Å². The van der Waals surface area contributed by atoms with Crippen LogP contribution in [0.15, 0.2) is 54.6 Å². The van der Waals surface area contributed by atoms with Gasteiger partial charge in [0.05, 0.1) is 18.6 Å². The summed E-state index contributed by atoms with van der Waals surface area (Å²) in [6, 6.07) is 16.9. The number of hydrogen-bond donors (Lipinski definition) is 1. The maximum atomic E-state index is 12.8. The molecular weight excluding hydrogens is 314 g/mol. The highest BCUT2D eigenvalue weighted by Crippen LogP contribution is 2.27. The molecule has 1 N–H and O–H groups in total. The van der Waals surface area contributed by atoms with Gasteiger partial charge >= 0.3 is 5.97 Å². The number of methoxy groups -OCH3 is 1. The lowest BCUT2D eigenvalue weighted by Crippen LogP contribution is -2.32. The van der Waals surface area contributed by atoms with Crippen molar-refractivity contribution < 1.29 is 14.3 Å². The second-order valence-electron chi connectivity index (χ2n) is 6.18. The Bertz CT molecular complexity index is 695. The molecule has 1 amide bonds. The highest BCUT2D eigenvalue weighted by atomic mass is 16.5.